The molecule has 1 atom stereocenters. The molecule has 0 radical (unpaired) electrons. The number of ether oxygens (including phenoxy) is 1. The minimum atomic E-state index is -0.246. The van der Waals surface area contributed by atoms with Crippen LogP contribution in [0.5, 0.6) is 0 Å². The number of carbonyl (C=O) groups is 1. The van der Waals surface area contributed by atoms with Crippen LogP contribution < -0.4 is 5.73 Å². The highest BCUT2D eigenvalue weighted by Gasteiger charge is 2.04. The van der Waals surface area contributed by atoms with Gasteiger partial charge in [0.1, 0.15) is 0 Å². The molecule has 0 saturated heterocycles. The van der Waals surface area contributed by atoms with Gasteiger partial charge in [0.25, 0.3) is 0 Å². The van der Waals surface area contributed by atoms with Crippen LogP contribution in [-0.4, -0.2) is 12.5 Å². The van der Waals surface area contributed by atoms with Crippen LogP contribution in [-0.2, 0) is 16.1 Å². The summed E-state index contributed by atoms with van der Waals surface area (Å²) < 4.78 is 6.65. The predicted octanol–water partition coefficient (Wildman–Crippen LogP) is 2.87. The fourth-order valence-electron chi connectivity index (χ4n) is 1.43. The van der Waals surface area contributed by atoms with E-state index in [0.717, 1.165) is 16.5 Å². The number of benzene rings is 1. The molecular weight excluding hydrogens is 282 g/mol. The molecule has 1 aromatic rings. The Morgan fingerprint density at radius 3 is 2.65 bits per heavy atom. The smallest absolute Gasteiger partial charge is 0.217 e. The van der Waals surface area contributed by atoms with Gasteiger partial charge in [0.15, 0.2) is 0 Å². The highest BCUT2D eigenvalue weighted by molar-refractivity contribution is 9.10. The van der Waals surface area contributed by atoms with E-state index in [4.69, 9.17) is 10.5 Å². The summed E-state index contributed by atoms with van der Waals surface area (Å²) in [5, 5.41) is 0. The van der Waals surface area contributed by atoms with Crippen molar-refractivity contribution in [3.05, 3.63) is 34.3 Å². The van der Waals surface area contributed by atoms with E-state index >= 15 is 0 Å². The predicted molar refractivity (Wildman–Crippen MR) is 71.4 cm³/mol. The van der Waals surface area contributed by atoms with E-state index in [1.54, 1.807) is 0 Å². The van der Waals surface area contributed by atoms with E-state index in [2.05, 4.69) is 22.9 Å². The van der Waals surface area contributed by atoms with Crippen LogP contribution in [0, 0.1) is 5.92 Å². The quantitative estimate of drug-likeness (QED) is 0.842. The number of halogens is 1. The van der Waals surface area contributed by atoms with Crippen LogP contribution in [0.1, 0.15) is 25.3 Å². The van der Waals surface area contributed by atoms with Crippen molar-refractivity contribution in [3.63, 3.8) is 0 Å². The molecule has 4 heteroatoms. The van der Waals surface area contributed by atoms with Gasteiger partial charge >= 0.3 is 0 Å². The number of hydrogen-bond acceptors (Lipinski definition) is 2. The van der Waals surface area contributed by atoms with E-state index in [0.29, 0.717) is 25.6 Å². The monoisotopic (exact) mass is 299 g/mol. The number of carbonyl (C=O) groups excluding carboxylic acids is 1. The van der Waals surface area contributed by atoms with Crippen LogP contribution >= 0.6 is 15.9 Å². The Balaban J connectivity index is 2.18. The van der Waals surface area contributed by atoms with Gasteiger partial charge in [-0.15, -0.1) is 0 Å². The number of primary amides is 1. The summed E-state index contributed by atoms with van der Waals surface area (Å²) in [5.41, 5.74) is 6.24. The Labute approximate surface area is 110 Å². The Morgan fingerprint density at radius 1 is 1.41 bits per heavy atom. The van der Waals surface area contributed by atoms with Gasteiger partial charge in [0, 0.05) is 17.5 Å². The van der Waals surface area contributed by atoms with E-state index in [1.165, 1.54) is 0 Å². The average molecular weight is 300 g/mol. The summed E-state index contributed by atoms with van der Waals surface area (Å²) in [4.78, 5) is 10.6. The second kappa shape index (κ2) is 7.45. The van der Waals surface area contributed by atoms with Gasteiger partial charge in [-0.3, -0.25) is 4.79 Å². The molecule has 0 fully saturated rings. The summed E-state index contributed by atoms with van der Waals surface area (Å²) in [6.45, 7) is 3.32. The largest absolute Gasteiger partial charge is 0.376 e. The lowest BCUT2D eigenvalue weighted by Gasteiger charge is -2.11. The Kier molecular flexibility index (Phi) is 6.22. The minimum Gasteiger partial charge on any atom is -0.376 e. The lowest BCUT2D eigenvalue weighted by Crippen LogP contribution is -2.14. The van der Waals surface area contributed by atoms with Crippen LogP contribution in [0.4, 0.5) is 0 Å². The fraction of sp³-hybridized carbons (Fsp3) is 0.462. The SMILES string of the molecule is C[C@@H](CCC(N)=O)COCc1ccc(Br)cc1. The maximum Gasteiger partial charge on any atom is 0.217 e. The Bertz CT molecular complexity index is 351. The molecular formula is C13H18BrNO2. The normalized spacial score (nSPS) is 12.4. The number of amides is 1. The van der Waals surface area contributed by atoms with E-state index in [9.17, 15) is 4.79 Å². The van der Waals surface area contributed by atoms with Crippen LogP contribution in [0.25, 0.3) is 0 Å². The summed E-state index contributed by atoms with van der Waals surface area (Å²) in [5.74, 6) is 0.114. The summed E-state index contributed by atoms with van der Waals surface area (Å²) in [6, 6.07) is 8.04. The second-order valence-corrected chi connectivity index (χ2v) is 5.17. The third-order valence-electron chi connectivity index (χ3n) is 2.47. The van der Waals surface area contributed by atoms with Crippen molar-refractivity contribution < 1.29 is 9.53 Å². The molecule has 1 rings (SSSR count). The minimum absolute atomic E-state index is 0.246. The van der Waals surface area contributed by atoms with Gasteiger partial charge in [0.2, 0.25) is 5.91 Å². The molecule has 0 spiro atoms. The van der Waals surface area contributed by atoms with Crippen molar-refractivity contribution >= 4 is 21.8 Å². The van der Waals surface area contributed by atoms with Crippen molar-refractivity contribution in [1.82, 2.24) is 0 Å². The molecule has 0 bridgehead atoms. The molecule has 0 aliphatic heterocycles. The zero-order chi connectivity index (χ0) is 12.7. The highest BCUT2D eigenvalue weighted by Crippen LogP contribution is 2.12. The average Bonchev–Trinajstić information content (AvgIpc) is 2.29. The number of hydrogen-bond donors (Lipinski definition) is 1. The van der Waals surface area contributed by atoms with Gasteiger partial charge in [0.05, 0.1) is 6.61 Å². The molecule has 94 valence electrons. The molecule has 0 aliphatic carbocycles. The van der Waals surface area contributed by atoms with Crippen molar-refractivity contribution in [2.75, 3.05) is 6.61 Å². The van der Waals surface area contributed by atoms with E-state index < -0.39 is 0 Å². The standard InChI is InChI=1S/C13H18BrNO2/c1-10(2-7-13(15)16)8-17-9-11-3-5-12(14)6-4-11/h3-6,10H,2,7-9H2,1H3,(H2,15,16)/t10-/m0/s1. The third kappa shape index (κ3) is 6.44. The summed E-state index contributed by atoms with van der Waals surface area (Å²) in [6.07, 6.45) is 1.22. The lowest BCUT2D eigenvalue weighted by atomic mass is 10.1. The van der Waals surface area contributed by atoms with Crippen molar-refractivity contribution in [2.24, 2.45) is 11.7 Å². The van der Waals surface area contributed by atoms with Crippen molar-refractivity contribution in [2.45, 2.75) is 26.4 Å². The van der Waals surface area contributed by atoms with Crippen molar-refractivity contribution in [3.8, 4) is 0 Å². The first-order valence-electron chi connectivity index (χ1n) is 5.68. The molecule has 0 unspecified atom stereocenters. The topological polar surface area (TPSA) is 52.3 Å². The molecule has 3 nitrogen and oxygen atoms in total. The molecule has 0 saturated carbocycles. The van der Waals surface area contributed by atoms with Gasteiger partial charge in [-0.25, -0.2) is 0 Å². The first kappa shape index (κ1) is 14.2. The zero-order valence-corrected chi connectivity index (χ0v) is 11.6. The molecule has 0 aliphatic rings. The van der Waals surface area contributed by atoms with Crippen LogP contribution in [0.15, 0.2) is 28.7 Å². The van der Waals surface area contributed by atoms with E-state index in [1.807, 2.05) is 24.3 Å². The van der Waals surface area contributed by atoms with Gasteiger partial charge < -0.3 is 10.5 Å². The molecule has 2 N–H and O–H groups in total. The van der Waals surface area contributed by atoms with Crippen molar-refractivity contribution in [1.29, 1.82) is 0 Å². The molecule has 1 aromatic carbocycles. The van der Waals surface area contributed by atoms with Gasteiger partial charge in [-0.2, -0.15) is 0 Å². The molecule has 0 aromatic heterocycles. The number of nitrogens with two attached hydrogens (primary N) is 1. The first-order chi connectivity index (χ1) is 8.08. The number of rotatable bonds is 7. The molecule has 1 amide bonds. The van der Waals surface area contributed by atoms with E-state index in [-0.39, 0.29) is 5.91 Å². The fourth-order valence-corrected chi connectivity index (χ4v) is 1.69. The van der Waals surface area contributed by atoms with Crippen LogP contribution in [0.2, 0.25) is 0 Å². The van der Waals surface area contributed by atoms with Gasteiger partial charge in [-0.05, 0) is 30.0 Å². The maximum absolute atomic E-state index is 10.6. The lowest BCUT2D eigenvalue weighted by molar-refractivity contribution is -0.118. The van der Waals surface area contributed by atoms with Gasteiger partial charge in [-0.1, -0.05) is 35.0 Å². The summed E-state index contributed by atoms with van der Waals surface area (Å²) >= 11 is 3.39. The third-order valence-corrected chi connectivity index (χ3v) is 3.00. The van der Waals surface area contributed by atoms with Crippen LogP contribution in [0.3, 0.4) is 0 Å². The highest BCUT2D eigenvalue weighted by atomic mass is 79.9. The molecule has 17 heavy (non-hydrogen) atoms. The maximum atomic E-state index is 10.6. The second-order valence-electron chi connectivity index (χ2n) is 4.25. The first-order valence-corrected chi connectivity index (χ1v) is 6.47. The summed E-state index contributed by atoms with van der Waals surface area (Å²) in [7, 11) is 0. The zero-order valence-electron chi connectivity index (χ0n) is 9.99. The Hall–Kier alpha value is -0.870. The Morgan fingerprint density at radius 2 is 2.06 bits per heavy atom. The molecule has 0 heterocycles.